The van der Waals surface area contributed by atoms with Gasteiger partial charge in [-0.3, -0.25) is 9.59 Å². The summed E-state index contributed by atoms with van der Waals surface area (Å²) in [6, 6.07) is 15.6. The van der Waals surface area contributed by atoms with Crippen LogP contribution < -0.4 is 4.90 Å². The maximum atomic E-state index is 12.0. The summed E-state index contributed by atoms with van der Waals surface area (Å²) in [6.07, 6.45) is 1.85. The number of carboxylic acids is 1. The fourth-order valence-electron chi connectivity index (χ4n) is 2.95. The molecule has 1 saturated heterocycles. The predicted molar refractivity (Wildman–Crippen MR) is 93.4 cm³/mol. The molecule has 1 N–H and O–H groups in total. The van der Waals surface area contributed by atoms with E-state index in [1.807, 2.05) is 42.5 Å². The van der Waals surface area contributed by atoms with E-state index in [4.69, 9.17) is 16.7 Å². The number of rotatable bonds is 5. The standard InChI is InChI=1S/C19H18ClNO3/c20-16-3-1-2-14(10-16)5-4-13-6-8-17(9-7-13)21-12-15(19(23)24)11-18(21)22/h1-3,6-10,15H,4-5,11-12H2,(H,23,24). The molecule has 1 unspecified atom stereocenters. The molecule has 124 valence electrons. The minimum atomic E-state index is -0.913. The number of halogens is 1. The first-order valence-corrected chi connectivity index (χ1v) is 8.27. The predicted octanol–water partition coefficient (Wildman–Crippen LogP) is 3.56. The fourth-order valence-corrected chi connectivity index (χ4v) is 3.16. The zero-order chi connectivity index (χ0) is 17.1. The van der Waals surface area contributed by atoms with Crippen LogP contribution in [0.15, 0.2) is 48.5 Å². The van der Waals surface area contributed by atoms with E-state index < -0.39 is 11.9 Å². The number of amides is 1. The van der Waals surface area contributed by atoms with Gasteiger partial charge in [0.25, 0.3) is 0 Å². The van der Waals surface area contributed by atoms with Gasteiger partial charge in [-0.15, -0.1) is 0 Å². The topological polar surface area (TPSA) is 57.6 Å². The molecule has 1 aliphatic rings. The number of nitrogens with zero attached hydrogens (tertiary/aromatic N) is 1. The van der Waals surface area contributed by atoms with E-state index in [2.05, 4.69) is 6.07 Å². The molecule has 2 aromatic carbocycles. The van der Waals surface area contributed by atoms with E-state index in [0.717, 1.165) is 23.6 Å². The van der Waals surface area contributed by atoms with Gasteiger partial charge in [-0.05, 0) is 48.2 Å². The third-order valence-corrected chi connectivity index (χ3v) is 4.55. The highest BCUT2D eigenvalue weighted by Crippen LogP contribution is 2.25. The molecule has 1 amide bonds. The molecule has 3 rings (SSSR count). The smallest absolute Gasteiger partial charge is 0.308 e. The molecule has 5 heteroatoms. The Bertz CT molecular complexity index is 757. The first kappa shape index (κ1) is 16.5. The van der Waals surface area contributed by atoms with E-state index in [0.29, 0.717) is 0 Å². The maximum Gasteiger partial charge on any atom is 0.308 e. The van der Waals surface area contributed by atoms with Gasteiger partial charge in [-0.1, -0.05) is 35.9 Å². The molecule has 0 saturated carbocycles. The van der Waals surface area contributed by atoms with Crippen LogP contribution in [0.2, 0.25) is 5.02 Å². The zero-order valence-corrected chi connectivity index (χ0v) is 13.9. The van der Waals surface area contributed by atoms with E-state index in [9.17, 15) is 9.59 Å². The maximum absolute atomic E-state index is 12.0. The van der Waals surface area contributed by atoms with Crippen LogP contribution in [0, 0.1) is 5.92 Å². The van der Waals surface area contributed by atoms with Crippen molar-refractivity contribution >= 4 is 29.2 Å². The van der Waals surface area contributed by atoms with Gasteiger partial charge in [0.1, 0.15) is 0 Å². The van der Waals surface area contributed by atoms with Gasteiger partial charge in [-0.2, -0.15) is 0 Å². The minimum absolute atomic E-state index is 0.0752. The third kappa shape index (κ3) is 3.77. The van der Waals surface area contributed by atoms with Crippen LogP contribution in [0.5, 0.6) is 0 Å². The summed E-state index contributed by atoms with van der Waals surface area (Å²) in [5, 5.41) is 9.79. The van der Waals surface area contributed by atoms with Crippen molar-refractivity contribution < 1.29 is 14.7 Å². The van der Waals surface area contributed by atoms with E-state index in [1.165, 1.54) is 11.1 Å². The number of benzene rings is 2. The number of carboxylic acid groups (broad SMARTS) is 1. The molecule has 0 aliphatic carbocycles. The van der Waals surface area contributed by atoms with Crippen LogP contribution in [0.3, 0.4) is 0 Å². The summed E-state index contributed by atoms with van der Waals surface area (Å²) in [6.45, 7) is 0.246. The molecule has 1 fully saturated rings. The molecule has 1 aliphatic heterocycles. The Morgan fingerprint density at radius 1 is 1.12 bits per heavy atom. The lowest BCUT2D eigenvalue weighted by atomic mass is 10.0. The fraction of sp³-hybridized carbons (Fsp3) is 0.263. The van der Waals surface area contributed by atoms with Gasteiger partial charge < -0.3 is 10.0 Å². The number of aliphatic carboxylic acids is 1. The molecule has 0 aromatic heterocycles. The van der Waals surface area contributed by atoms with Crippen molar-refractivity contribution in [2.75, 3.05) is 11.4 Å². The number of hydrogen-bond acceptors (Lipinski definition) is 2. The van der Waals surface area contributed by atoms with Gasteiger partial charge in [0.15, 0.2) is 0 Å². The van der Waals surface area contributed by atoms with Crippen LogP contribution in [-0.2, 0) is 22.4 Å². The molecular formula is C19H18ClNO3. The molecular weight excluding hydrogens is 326 g/mol. The normalized spacial score (nSPS) is 17.3. The SMILES string of the molecule is O=C(O)C1CC(=O)N(c2ccc(CCc3cccc(Cl)c3)cc2)C1. The number of carbonyl (C=O) groups is 2. The summed E-state index contributed by atoms with van der Waals surface area (Å²) < 4.78 is 0. The Hall–Kier alpha value is -2.33. The molecule has 0 bridgehead atoms. The first-order chi connectivity index (χ1) is 11.5. The van der Waals surface area contributed by atoms with Crippen LogP contribution >= 0.6 is 11.6 Å². The second kappa shape index (κ2) is 7.05. The van der Waals surface area contributed by atoms with Gasteiger partial charge >= 0.3 is 5.97 Å². The summed E-state index contributed by atoms with van der Waals surface area (Å²) in [5.74, 6) is -1.65. The summed E-state index contributed by atoms with van der Waals surface area (Å²) >= 11 is 5.99. The monoisotopic (exact) mass is 343 g/mol. The molecule has 1 atom stereocenters. The summed E-state index contributed by atoms with van der Waals surface area (Å²) in [5.41, 5.74) is 3.11. The van der Waals surface area contributed by atoms with Crippen LogP contribution in [-0.4, -0.2) is 23.5 Å². The third-order valence-electron chi connectivity index (χ3n) is 4.31. The van der Waals surface area contributed by atoms with Crippen molar-refractivity contribution in [2.45, 2.75) is 19.3 Å². The number of hydrogen-bond donors (Lipinski definition) is 1. The highest BCUT2D eigenvalue weighted by Gasteiger charge is 2.34. The average Bonchev–Trinajstić information content (AvgIpc) is 2.96. The Morgan fingerprint density at radius 2 is 1.83 bits per heavy atom. The lowest BCUT2D eigenvalue weighted by Gasteiger charge is -2.16. The number of carbonyl (C=O) groups excluding carboxylic acids is 1. The van der Waals surface area contributed by atoms with E-state index in [1.54, 1.807) is 4.90 Å². The molecule has 0 radical (unpaired) electrons. The van der Waals surface area contributed by atoms with Gasteiger partial charge in [0, 0.05) is 23.7 Å². The van der Waals surface area contributed by atoms with Gasteiger partial charge in [-0.25, -0.2) is 0 Å². The molecule has 1 heterocycles. The Morgan fingerprint density at radius 3 is 2.46 bits per heavy atom. The second-order valence-corrected chi connectivity index (χ2v) is 6.48. The summed E-state index contributed by atoms with van der Waals surface area (Å²) in [4.78, 5) is 24.6. The second-order valence-electron chi connectivity index (χ2n) is 6.04. The number of anilines is 1. The first-order valence-electron chi connectivity index (χ1n) is 7.89. The van der Waals surface area contributed by atoms with Crippen molar-refractivity contribution in [1.82, 2.24) is 0 Å². The molecule has 4 nitrogen and oxygen atoms in total. The Labute approximate surface area is 145 Å². The van der Waals surface area contributed by atoms with Gasteiger partial charge in [0.2, 0.25) is 5.91 Å². The lowest BCUT2D eigenvalue weighted by Crippen LogP contribution is -2.25. The van der Waals surface area contributed by atoms with Gasteiger partial charge in [0.05, 0.1) is 5.92 Å². The highest BCUT2D eigenvalue weighted by atomic mass is 35.5. The number of aryl methyl sites for hydroxylation is 2. The Balaban J connectivity index is 1.63. The Kier molecular flexibility index (Phi) is 4.86. The molecule has 0 spiro atoms. The van der Waals surface area contributed by atoms with Crippen molar-refractivity contribution in [1.29, 1.82) is 0 Å². The van der Waals surface area contributed by atoms with Crippen molar-refractivity contribution in [3.05, 3.63) is 64.7 Å². The quantitative estimate of drug-likeness (QED) is 0.903. The lowest BCUT2D eigenvalue weighted by molar-refractivity contribution is -0.141. The minimum Gasteiger partial charge on any atom is -0.481 e. The van der Waals surface area contributed by atoms with Crippen LogP contribution in [0.1, 0.15) is 17.5 Å². The highest BCUT2D eigenvalue weighted by molar-refractivity contribution is 6.30. The van der Waals surface area contributed by atoms with Crippen molar-refractivity contribution in [2.24, 2.45) is 5.92 Å². The van der Waals surface area contributed by atoms with Crippen LogP contribution in [0.4, 0.5) is 5.69 Å². The van der Waals surface area contributed by atoms with Crippen LogP contribution in [0.25, 0.3) is 0 Å². The molecule has 2 aromatic rings. The van der Waals surface area contributed by atoms with Crippen molar-refractivity contribution in [3.63, 3.8) is 0 Å². The average molecular weight is 344 g/mol. The molecule has 24 heavy (non-hydrogen) atoms. The van der Waals surface area contributed by atoms with Crippen molar-refractivity contribution in [3.8, 4) is 0 Å². The summed E-state index contributed by atoms with van der Waals surface area (Å²) in [7, 11) is 0. The van der Waals surface area contributed by atoms with E-state index in [-0.39, 0.29) is 18.9 Å². The zero-order valence-electron chi connectivity index (χ0n) is 13.1. The largest absolute Gasteiger partial charge is 0.481 e. The van der Waals surface area contributed by atoms with E-state index >= 15 is 0 Å².